The molecule has 13 heteroatoms. The number of amides is 4. The molecule has 0 radical (unpaired) electrons. The monoisotopic (exact) mass is 534 g/mol. The SMILES string of the molecule is CCNC(=O)Nc1ccc(OC(=O)C2=CCC3C([C@@H](C)O)C(=O)N23)cc1.O=C([O-])C1=CCC2CC(=O)N12.[Na+]. The number of carbonyl (C=O) groups excluding carboxylic acids is 5. The average Bonchev–Trinajstić information content (AvgIpc) is 3.38. The van der Waals surface area contributed by atoms with Crippen LogP contribution in [-0.2, 0) is 19.2 Å². The van der Waals surface area contributed by atoms with Gasteiger partial charge < -0.3 is 40.2 Å². The maximum absolute atomic E-state index is 12.3. The number of rotatable bonds is 6. The standard InChI is InChI=1S/C18H21N3O5.C7H7NO3.Na/c1-3-19-18(25)20-11-4-6-12(7-5-11)26-17(24)14-9-8-13-15(10(2)22)16(23)21(13)14;9-6-3-4-1-2-5(7(10)11)8(4)6;/h4-7,9-10,13,15,22H,3,8H2,1-2H3,(H2,19,20,25);2,4H,1,3H2,(H,10,11);/q;;+1/p-1/t10-,13?,15?;;/m1../s1. The van der Waals surface area contributed by atoms with Gasteiger partial charge in [0.15, 0.2) is 0 Å². The van der Waals surface area contributed by atoms with Crippen molar-refractivity contribution in [2.75, 3.05) is 11.9 Å². The second-order valence-electron chi connectivity index (χ2n) is 9.00. The van der Waals surface area contributed by atoms with Crippen molar-refractivity contribution in [2.45, 2.75) is 51.3 Å². The van der Waals surface area contributed by atoms with Crippen molar-refractivity contribution in [3.05, 3.63) is 47.8 Å². The molecule has 38 heavy (non-hydrogen) atoms. The maximum atomic E-state index is 12.3. The number of anilines is 1. The number of fused-ring (bicyclic) bond motifs is 2. The van der Waals surface area contributed by atoms with Crippen molar-refractivity contribution in [1.29, 1.82) is 0 Å². The number of esters is 1. The molecule has 4 atom stereocenters. The Morgan fingerprint density at radius 2 is 1.76 bits per heavy atom. The summed E-state index contributed by atoms with van der Waals surface area (Å²) in [7, 11) is 0. The number of aliphatic hydroxyl groups excluding tert-OH is 1. The quantitative estimate of drug-likeness (QED) is 0.149. The molecule has 3 unspecified atom stereocenters. The van der Waals surface area contributed by atoms with Crippen molar-refractivity contribution < 1.29 is 68.5 Å². The third kappa shape index (κ3) is 5.78. The molecule has 2 saturated heterocycles. The molecule has 4 aliphatic heterocycles. The molecule has 5 rings (SSSR count). The largest absolute Gasteiger partial charge is 1.00 e. The van der Waals surface area contributed by atoms with Crippen LogP contribution in [0.15, 0.2) is 47.8 Å². The van der Waals surface area contributed by atoms with Crippen LogP contribution in [0.25, 0.3) is 0 Å². The Morgan fingerprint density at radius 3 is 2.32 bits per heavy atom. The molecule has 12 nitrogen and oxygen atoms in total. The van der Waals surface area contributed by atoms with E-state index in [1.807, 2.05) is 6.92 Å². The van der Waals surface area contributed by atoms with Crippen LogP contribution in [0.4, 0.5) is 10.5 Å². The number of aliphatic hydroxyl groups is 1. The van der Waals surface area contributed by atoms with Crippen molar-refractivity contribution >= 4 is 35.5 Å². The Kier molecular flexibility index (Phi) is 9.36. The molecule has 1 aromatic carbocycles. The van der Waals surface area contributed by atoms with Gasteiger partial charge in [-0.1, -0.05) is 12.2 Å². The number of nitrogens with one attached hydrogen (secondary N) is 2. The molecule has 1 aromatic rings. The van der Waals surface area contributed by atoms with Gasteiger partial charge in [0.2, 0.25) is 11.8 Å². The molecular formula is C25H27N4NaO8. The van der Waals surface area contributed by atoms with Gasteiger partial charge >= 0.3 is 41.6 Å². The summed E-state index contributed by atoms with van der Waals surface area (Å²) in [5.74, 6) is -2.39. The Bertz CT molecular complexity index is 1200. The molecule has 2 fully saturated rings. The van der Waals surface area contributed by atoms with E-state index in [9.17, 15) is 34.2 Å². The number of β-lactam (4-membered cyclic amide) rings is 2. The summed E-state index contributed by atoms with van der Waals surface area (Å²) in [4.78, 5) is 59.8. The van der Waals surface area contributed by atoms with Crippen LogP contribution in [0, 0.1) is 5.92 Å². The molecular weight excluding hydrogens is 507 g/mol. The Morgan fingerprint density at radius 1 is 1.11 bits per heavy atom. The van der Waals surface area contributed by atoms with Gasteiger partial charge in [0.25, 0.3) is 0 Å². The third-order valence-corrected chi connectivity index (χ3v) is 6.57. The summed E-state index contributed by atoms with van der Waals surface area (Å²) >= 11 is 0. The number of ether oxygens (including phenoxy) is 1. The molecule has 0 spiro atoms. The van der Waals surface area contributed by atoms with Crippen LogP contribution >= 0.6 is 0 Å². The minimum atomic E-state index is -1.25. The fourth-order valence-corrected chi connectivity index (χ4v) is 4.79. The molecule has 196 valence electrons. The van der Waals surface area contributed by atoms with E-state index in [-0.39, 0.29) is 70.9 Å². The molecule has 3 N–H and O–H groups in total. The van der Waals surface area contributed by atoms with E-state index in [0.717, 1.165) is 0 Å². The van der Waals surface area contributed by atoms with Crippen LogP contribution in [0.2, 0.25) is 0 Å². The van der Waals surface area contributed by atoms with E-state index in [2.05, 4.69) is 10.6 Å². The minimum absolute atomic E-state index is 0. The summed E-state index contributed by atoms with van der Waals surface area (Å²) in [5.41, 5.74) is 0.821. The number of hydrogen-bond acceptors (Lipinski definition) is 8. The Labute approximate surface area is 241 Å². The number of aliphatic carboxylic acids is 1. The van der Waals surface area contributed by atoms with Crippen molar-refractivity contribution in [3.8, 4) is 5.75 Å². The van der Waals surface area contributed by atoms with Crippen molar-refractivity contribution in [3.63, 3.8) is 0 Å². The van der Waals surface area contributed by atoms with Gasteiger partial charge in [-0.15, -0.1) is 0 Å². The van der Waals surface area contributed by atoms with Gasteiger partial charge in [-0.05, 0) is 51.0 Å². The van der Waals surface area contributed by atoms with Gasteiger partial charge in [0.1, 0.15) is 11.4 Å². The minimum Gasteiger partial charge on any atom is -0.543 e. The fourth-order valence-electron chi connectivity index (χ4n) is 4.79. The van der Waals surface area contributed by atoms with Gasteiger partial charge in [0.05, 0.1) is 29.7 Å². The second-order valence-corrected chi connectivity index (χ2v) is 9.00. The fraction of sp³-hybridized carbons (Fsp3) is 0.400. The van der Waals surface area contributed by atoms with Crippen LogP contribution < -0.4 is 50.0 Å². The number of carboxylic acid groups (broad SMARTS) is 1. The molecule has 0 aliphatic carbocycles. The molecule has 4 heterocycles. The first kappa shape index (κ1) is 29.4. The summed E-state index contributed by atoms with van der Waals surface area (Å²) in [6, 6.07) is 5.96. The number of benzene rings is 1. The number of urea groups is 1. The summed E-state index contributed by atoms with van der Waals surface area (Å²) in [6.45, 7) is 3.91. The van der Waals surface area contributed by atoms with E-state index >= 15 is 0 Å². The Hall–Kier alpha value is -3.19. The first-order valence-electron chi connectivity index (χ1n) is 11.9. The van der Waals surface area contributed by atoms with Gasteiger partial charge in [-0.25, -0.2) is 9.59 Å². The van der Waals surface area contributed by atoms with Crippen LogP contribution in [-0.4, -0.2) is 69.4 Å². The van der Waals surface area contributed by atoms with E-state index in [1.165, 1.54) is 9.80 Å². The van der Waals surface area contributed by atoms with Crippen LogP contribution in [0.1, 0.15) is 33.1 Å². The van der Waals surface area contributed by atoms with Gasteiger partial charge in [-0.3, -0.25) is 9.59 Å². The summed E-state index contributed by atoms with van der Waals surface area (Å²) < 4.78 is 5.31. The maximum Gasteiger partial charge on any atom is 1.00 e. The predicted octanol–water partition coefficient (Wildman–Crippen LogP) is -3.14. The van der Waals surface area contributed by atoms with Crippen molar-refractivity contribution in [2.24, 2.45) is 5.92 Å². The van der Waals surface area contributed by atoms with Crippen molar-refractivity contribution in [1.82, 2.24) is 15.1 Å². The number of carboxylic acids is 1. The van der Waals surface area contributed by atoms with E-state index in [1.54, 1.807) is 43.3 Å². The zero-order chi connectivity index (χ0) is 26.9. The predicted molar refractivity (Wildman–Crippen MR) is 126 cm³/mol. The van der Waals surface area contributed by atoms with E-state index in [0.29, 0.717) is 37.2 Å². The number of hydrogen-bond donors (Lipinski definition) is 3. The molecule has 0 saturated carbocycles. The zero-order valence-corrected chi connectivity index (χ0v) is 23.3. The third-order valence-electron chi connectivity index (χ3n) is 6.57. The average molecular weight is 535 g/mol. The smallest absolute Gasteiger partial charge is 0.543 e. The number of carbonyl (C=O) groups is 5. The molecule has 4 amide bonds. The first-order valence-corrected chi connectivity index (χ1v) is 11.9. The topological polar surface area (TPSA) is 168 Å². The van der Waals surface area contributed by atoms with Gasteiger partial charge in [0, 0.05) is 24.7 Å². The van der Waals surface area contributed by atoms with Crippen LogP contribution in [0.5, 0.6) is 5.75 Å². The normalized spacial score (nSPS) is 23.1. The van der Waals surface area contributed by atoms with Crippen LogP contribution in [0.3, 0.4) is 0 Å². The second kappa shape index (κ2) is 12.1. The molecule has 0 aromatic heterocycles. The molecule has 4 aliphatic rings. The van der Waals surface area contributed by atoms with E-state index < -0.39 is 24.0 Å². The molecule has 0 bridgehead atoms. The summed E-state index contributed by atoms with van der Waals surface area (Å²) in [6.07, 6.45) is 4.14. The first-order chi connectivity index (χ1) is 17.6. The van der Waals surface area contributed by atoms with Gasteiger partial charge in [-0.2, -0.15) is 0 Å². The van der Waals surface area contributed by atoms with E-state index in [4.69, 9.17) is 4.74 Å². The summed E-state index contributed by atoms with van der Waals surface area (Å²) in [5, 5.41) is 25.3. The number of nitrogens with zero attached hydrogens (tertiary/aromatic N) is 2. The zero-order valence-electron chi connectivity index (χ0n) is 21.3. The Balaban J connectivity index is 0.000000278.